The lowest BCUT2D eigenvalue weighted by molar-refractivity contribution is -0.115. The van der Waals surface area contributed by atoms with Crippen LogP contribution in [0.2, 0.25) is 0 Å². The fourth-order valence-corrected chi connectivity index (χ4v) is 1.28. The van der Waals surface area contributed by atoms with Crippen molar-refractivity contribution in [2.24, 2.45) is 7.05 Å². The Morgan fingerprint density at radius 1 is 1.44 bits per heavy atom. The van der Waals surface area contributed by atoms with Crippen molar-refractivity contribution in [2.75, 3.05) is 5.32 Å². The normalized spacial score (nSPS) is 10.1. The highest BCUT2D eigenvalue weighted by Crippen LogP contribution is 2.02. The summed E-state index contributed by atoms with van der Waals surface area (Å²) in [6.45, 7) is 0. The van der Waals surface area contributed by atoms with Crippen molar-refractivity contribution in [3.63, 3.8) is 0 Å². The highest BCUT2D eigenvalue weighted by Gasteiger charge is 2.05. The van der Waals surface area contributed by atoms with Crippen LogP contribution in [0.4, 0.5) is 5.82 Å². The van der Waals surface area contributed by atoms with E-state index < -0.39 is 0 Å². The van der Waals surface area contributed by atoms with Gasteiger partial charge in [-0.25, -0.2) is 0 Å². The van der Waals surface area contributed by atoms with Crippen molar-refractivity contribution in [1.29, 1.82) is 0 Å². The monoisotopic (exact) mass is 217 g/mol. The molecule has 0 aliphatic heterocycles. The Labute approximate surface area is 92.3 Å². The summed E-state index contributed by atoms with van der Waals surface area (Å²) in [5, 5.41) is 10.5. The van der Waals surface area contributed by atoms with Crippen molar-refractivity contribution >= 4 is 11.7 Å². The number of rotatable bonds is 3. The zero-order valence-corrected chi connectivity index (χ0v) is 8.79. The molecule has 0 spiro atoms. The third kappa shape index (κ3) is 2.63. The summed E-state index contributed by atoms with van der Waals surface area (Å²) < 4.78 is 0. The minimum Gasteiger partial charge on any atom is -0.308 e. The van der Waals surface area contributed by atoms with Gasteiger partial charge in [0.15, 0.2) is 5.82 Å². The van der Waals surface area contributed by atoms with Gasteiger partial charge in [0.1, 0.15) is 0 Å². The zero-order chi connectivity index (χ0) is 11.4. The lowest BCUT2D eigenvalue weighted by Crippen LogP contribution is -2.14. The van der Waals surface area contributed by atoms with E-state index in [2.05, 4.69) is 20.5 Å². The molecule has 2 heterocycles. The van der Waals surface area contributed by atoms with Crippen LogP contribution in [-0.2, 0) is 18.3 Å². The summed E-state index contributed by atoms with van der Waals surface area (Å²) in [5.74, 6) is 0.341. The van der Waals surface area contributed by atoms with Gasteiger partial charge in [-0.3, -0.25) is 9.78 Å². The van der Waals surface area contributed by atoms with E-state index in [9.17, 15) is 4.79 Å². The first-order valence-electron chi connectivity index (χ1n) is 4.79. The minimum absolute atomic E-state index is 0.119. The lowest BCUT2D eigenvalue weighted by atomic mass is 10.2. The molecule has 0 unspecified atom stereocenters. The second-order valence-corrected chi connectivity index (χ2v) is 3.30. The van der Waals surface area contributed by atoms with Crippen molar-refractivity contribution in [1.82, 2.24) is 20.0 Å². The number of hydrogen-bond acceptors (Lipinski definition) is 4. The summed E-state index contributed by atoms with van der Waals surface area (Å²) >= 11 is 0. The quantitative estimate of drug-likeness (QED) is 0.807. The Morgan fingerprint density at radius 2 is 2.19 bits per heavy atom. The van der Waals surface area contributed by atoms with E-state index in [1.54, 1.807) is 31.6 Å². The molecule has 0 aliphatic carbocycles. The summed E-state index contributed by atoms with van der Waals surface area (Å²) in [6.07, 6.45) is 5.12. The average molecular weight is 217 g/mol. The Morgan fingerprint density at radius 3 is 2.81 bits per heavy atom. The maximum absolute atomic E-state index is 11.6. The van der Waals surface area contributed by atoms with Crippen LogP contribution in [0.5, 0.6) is 0 Å². The van der Waals surface area contributed by atoms with E-state index in [-0.39, 0.29) is 5.91 Å². The number of amides is 1. The molecule has 0 aromatic carbocycles. The molecular formula is C10H11N5O. The third-order valence-electron chi connectivity index (χ3n) is 1.98. The standard InChI is InChI=1S/C10H11N5O/c1-15-12-7-9(14-15)13-10(16)6-8-2-4-11-5-3-8/h2-5,7H,6H2,1H3,(H,13,14,16). The molecule has 0 aliphatic rings. The van der Waals surface area contributed by atoms with E-state index in [4.69, 9.17) is 0 Å². The second kappa shape index (κ2) is 4.52. The molecule has 0 bridgehead atoms. The molecule has 1 N–H and O–H groups in total. The summed E-state index contributed by atoms with van der Waals surface area (Å²) in [5.41, 5.74) is 0.913. The van der Waals surface area contributed by atoms with Crippen molar-refractivity contribution in [2.45, 2.75) is 6.42 Å². The number of carbonyl (C=O) groups is 1. The maximum atomic E-state index is 11.6. The topological polar surface area (TPSA) is 72.7 Å². The van der Waals surface area contributed by atoms with Gasteiger partial charge in [-0.05, 0) is 17.7 Å². The van der Waals surface area contributed by atoms with E-state index in [1.807, 2.05) is 0 Å². The molecule has 0 fully saturated rings. The Hall–Kier alpha value is -2.24. The number of nitrogens with zero attached hydrogens (tertiary/aromatic N) is 4. The molecule has 2 rings (SSSR count). The second-order valence-electron chi connectivity index (χ2n) is 3.30. The number of carbonyl (C=O) groups excluding carboxylic acids is 1. The molecule has 2 aromatic heterocycles. The molecule has 0 saturated carbocycles. The summed E-state index contributed by atoms with van der Waals surface area (Å²) in [7, 11) is 1.69. The van der Waals surface area contributed by atoms with Crippen LogP contribution in [0, 0.1) is 0 Å². The van der Waals surface area contributed by atoms with Crippen LogP contribution in [0.1, 0.15) is 5.56 Å². The number of hydrogen-bond donors (Lipinski definition) is 1. The fourth-order valence-electron chi connectivity index (χ4n) is 1.28. The highest BCUT2D eigenvalue weighted by atomic mass is 16.1. The third-order valence-corrected chi connectivity index (χ3v) is 1.98. The van der Waals surface area contributed by atoms with Gasteiger partial charge in [0.05, 0.1) is 12.6 Å². The van der Waals surface area contributed by atoms with E-state index in [1.165, 1.54) is 11.0 Å². The predicted molar refractivity (Wildman–Crippen MR) is 57.6 cm³/mol. The van der Waals surface area contributed by atoms with Crippen LogP contribution in [0.15, 0.2) is 30.7 Å². The Kier molecular flexibility index (Phi) is 2.90. The van der Waals surface area contributed by atoms with Gasteiger partial charge in [-0.15, -0.1) is 5.10 Å². The maximum Gasteiger partial charge on any atom is 0.230 e. The largest absolute Gasteiger partial charge is 0.308 e. The number of pyridine rings is 1. The highest BCUT2D eigenvalue weighted by molar-refractivity contribution is 5.91. The smallest absolute Gasteiger partial charge is 0.230 e. The van der Waals surface area contributed by atoms with Crippen LogP contribution < -0.4 is 5.32 Å². The number of nitrogens with one attached hydrogen (secondary N) is 1. The minimum atomic E-state index is -0.119. The molecule has 6 heteroatoms. The van der Waals surface area contributed by atoms with Gasteiger partial charge in [0, 0.05) is 19.4 Å². The van der Waals surface area contributed by atoms with Crippen LogP contribution in [-0.4, -0.2) is 25.9 Å². The molecule has 0 saturated heterocycles. The fraction of sp³-hybridized carbons (Fsp3) is 0.200. The van der Waals surface area contributed by atoms with Gasteiger partial charge in [0.2, 0.25) is 5.91 Å². The molecule has 0 atom stereocenters. The molecule has 16 heavy (non-hydrogen) atoms. The van der Waals surface area contributed by atoms with Gasteiger partial charge in [-0.2, -0.15) is 9.90 Å². The van der Waals surface area contributed by atoms with Crippen LogP contribution >= 0.6 is 0 Å². The zero-order valence-electron chi connectivity index (χ0n) is 8.79. The molecule has 82 valence electrons. The average Bonchev–Trinajstić information content (AvgIpc) is 2.65. The first-order chi connectivity index (χ1) is 7.74. The molecule has 1 amide bonds. The van der Waals surface area contributed by atoms with Gasteiger partial charge >= 0.3 is 0 Å². The molecule has 6 nitrogen and oxygen atoms in total. The SMILES string of the molecule is Cn1ncc(NC(=O)Cc2ccncc2)n1. The molecule has 2 aromatic rings. The van der Waals surface area contributed by atoms with E-state index in [0.717, 1.165) is 5.56 Å². The van der Waals surface area contributed by atoms with Crippen molar-refractivity contribution < 1.29 is 4.79 Å². The number of aromatic nitrogens is 4. The van der Waals surface area contributed by atoms with Gasteiger partial charge in [-0.1, -0.05) is 0 Å². The summed E-state index contributed by atoms with van der Waals surface area (Å²) in [4.78, 5) is 16.9. The van der Waals surface area contributed by atoms with Crippen molar-refractivity contribution in [3.8, 4) is 0 Å². The number of aryl methyl sites for hydroxylation is 1. The van der Waals surface area contributed by atoms with E-state index in [0.29, 0.717) is 12.2 Å². The predicted octanol–water partition coefficient (Wildman–Crippen LogP) is 0.391. The Bertz CT molecular complexity index is 479. The molecular weight excluding hydrogens is 206 g/mol. The summed E-state index contributed by atoms with van der Waals surface area (Å²) in [6, 6.07) is 3.60. The van der Waals surface area contributed by atoms with Crippen molar-refractivity contribution in [3.05, 3.63) is 36.3 Å². The van der Waals surface area contributed by atoms with Gasteiger partial charge < -0.3 is 5.32 Å². The molecule has 0 radical (unpaired) electrons. The van der Waals surface area contributed by atoms with Crippen LogP contribution in [0.25, 0.3) is 0 Å². The van der Waals surface area contributed by atoms with E-state index >= 15 is 0 Å². The lowest BCUT2D eigenvalue weighted by Gasteiger charge is -2.00. The van der Waals surface area contributed by atoms with Gasteiger partial charge in [0.25, 0.3) is 0 Å². The Balaban J connectivity index is 1.95. The first kappa shape index (κ1) is 10.3. The first-order valence-corrected chi connectivity index (χ1v) is 4.79. The number of anilines is 1. The van der Waals surface area contributed by atoms with Crippen LogP contribution in [0.3, 0.4) is 0 Å².